The van der Waals surface area contributed by atoms with Crippen molar-refractivity contribution in [1.29, 1.82) is 0 Å². The molecule has 2 atom stereocenters. The van der Waals surface area contributed by atoms with Gasteiger partial charge in [-0.3, -0.25) is 9.48 Å². The lowest BCUT2D eigenvalue weighted by molar-refractivity contribution is 0.000101. The van der Waals surface area contributed by atoms with E-state index >= 15 is 0 Å². The van der Waals surface area contributed by atoms with Crippen LogP contribution in [-0.4, -0.2) is 59.6 Å². The van der Waals surface area contributed by atoms with E-state index in [9.17, 15) is 4.79 Å². The van der Waals surface area contributed by atoms with Crippen molar-refractivity contribution < 1.29 is 18.7 Å². The van der Waals surface area contributed by atoms with Crippen LogP contribution < -0.4 is 0 Å². The fraction of sp³-hybridized carbons (Fsp3) is 0.529. The van der Waals surface area contributed by atoms with Gasteiger partial charge in [-0.1, -0.05) is 0 Å². The Hall–Kier alpha value is -2.12. The Morgan fingerprint density at radius 1 is 1.46 bits per heavy atom. The van der Waals surface area contributed by atoms with E-state index in [0.717, 1.165) is 12.0 Å². The molecule has 0 unspecified atom stereocenters. The maximum atomic E-state index is 12.7. The van der Waals surface area contributed by atoms with Gasteiger partial charge in [0.25, 0.3) is 5.91 Å². The Kier molecular flexibility index (Phi) is 5.32. The summed E-state index contributed by atoms with van der Waals surface area (Å²) in [5.41, 5.74) is 1.09. The molecule has 3 heterocycles. The van der Waals surface area contributed by atoms with Crippen molar-refractivity contribution >= 4 is 5.91 Å². The molecule has 1 aliphatic rings. The average Bonchev–Trinajstić information content (AvgIpc) is 3.30. The van der Waals surface area contributed by atoms with Crippen LogP contribution in [0.5, 0.6) is 0 Å². The second-order valence-corrected chi connectivity index (χ2v) is 5.96. The summed E-state index contributed by atoms with van der Waals surface area (Å²) in [5.74, 6) is 0.274. The lowest BCUT2D eigenvalue weighted by Crippen LogP contribution is -2.42. The Labute approximate surface area is 141 Å². The van der Waals surface area contributed by atoms with Crippen molar-refractivity contribution in [2.45, 2.75) is 25.0 Å². The lowest BCUT2D eigenvalue weighted by Gasteiger charge is -2.27. The van der Waals surface area contributed by atoms with E-state index in [1.807, 2.05) is 24.3 Å². The van der Waals surface area contributed by atoms with Crippen LogP contribution in [0.25, 0.3) is 0 Å². The van der Waals surface area contributed by atoms with Crippen molar-refractivity contribution in [2.24, 2.45) is 7.05 Å². The van der Waals surface area contributed by atoms with Crippen LogP contribution >= 0.6 is 0 Å². The minimum absolute atomic E-state index is 0.0146. The molecule has 7 heteroatoms. The van der Waals surface area contributed by atoms with Crippen molar-refractivity contribution in [1.82, 2.24) is 14.7 Å². The molecule has 1 amide bonds. The van der Waals surface area contributed by atoms with Crippen LogP contribution in [0.4, 0.5) is 0 Å². The van der Waals surface area contributed by atoms with E-state index in [2.05, 4.69) is 5.10 Å². The number of hydrogen-bond acceptors (Lipinski definition) is 5. The summed E-state index contributed by atoms with van der Waals surface area (Å²) in [5, 5.41) is 4.21. The Morgan fingerprint density at radius 3 is 3.00 bits per heavy atom. The molecule has 24 heavy (non-hydrogen) atoms. The number of rotatable bonds is 7. The number of likely N-dealkylation sites (tertiary alicyclic amines) is 1. The molecule has 0 saturated carbocycles. The van der Waals surface area contributed by atoms with Gasteiger partial charge in [0.2, 0.25) is 0 Å². The molecule has 0 spiro atoms. The maximum Gasteiger partial charge on any atom is 0.289 e. The summed E-state index contributed by atoms with van der Waals surface area (Å²) in [6.07, 6.45) is 6.82. The van der Waals surface area contributed by atoms with Crippen LogP contribution in [0, 0.1) is 0 Å². The SMILES string of the molecule is COCCO[C@@H]1CCN(C(=O)c2ccco2)[C@@H]1Cc1cnn(C)c1. The molecular weight excluding hydrogens is 310 g/mol. The largest absolute Gasteiger partial charge is 0.459 e. The van der Waals surface area contributed by atoms with E-state index in [1.54, 1.807) is 23.9 Å². The highest BCUT2D eigenvalue weighted by Gasteiger charge is 2.39. The van der Waals surface area contributed by atoms with Gasteiger partial charge >= 0.3 is 0 Å². The summed E-state index contributed by atoms with van der Waals surface area (Å²) in [6, 6.07) is 3.39. The lowest BCUT2D eigenvalue weighted by atomic mass is 10.0. The summed E-state index contributed by atoms with van der Waals surface area (Å²) in [6.45, 7) is 1.72. The summed E-state index contributed by atoms with van der Waals surface area (Å²) < 4.78 is 18.1. The normalized spacial score (nSPS) is 20.7. The fourth-order valence-corrected chi connectivity index (χ4v) is 3.16. The van der Waals surface area contributed by atoms with Gasteiger partial charge in [-0.2, -0.15) is 5.10 Å². The standard InChI is InChI=1S/C17H23N3O4/c1-19-12-13(11-18-19)10-14-15(24-9-8-22-2)5-6-20(14)17(21)16-4-3-7-23-16/h3-4,7,11-12,14-15H,5-6,8-10H2,1-2H3/t14-,15-/m1/s1. The molecule has 1 saturated heterocycles. The van der Waals surface area contributed by atoms with Crippen LogP contribution in [0.15, 0.2) is 35.2 Å². The highest BCUT2D eigenvalue weighted by atomic mass is 16.5. The number of aromatic nitrogens is 2. The third kappa shape index (κ3) is 3.68. The maximum absolute atomic E-state index is 12.7. The fourth-order valence-electron chi connectivity index (χ4n) is 3.16. The molecule has 0 radical (unpaired) electrons. The van der Waals surface area contributed by atoms with Gasteiger partial charge in [0, 0.05) is 26.9 Å². The third-order valence-corrected chi connectivity index (χ3v) is 4.30. The predicted octanol–water partition coefficient (Wildman–Crippen LogP) is 1.50. The number of amides is 1. The van der Waals surface area contributed by atoms with Crippen molar-refractivity contribution in [3.63, 3.8) is 0 Å². The molecule has 0 N–H and O–H groups in total. The van der Waals surface area contributed by atoms with Gasteiger partial charge in [-0.05, 0) is 30.5 Å². The number of hydrogen-bond donors (Lipinski definition) is 0. The van der Waals surface area contributed by atoms with Crippen LogP contribution in [0.1, 0.15) is 22.5 Å². The van der Waals surface area contributed by atoms with Gasteiger partial charge < -0.3 is 18.8 Å². The molecule has 130 valence electrons. The molecule has 1 fully saturated rings. The van der Waals surface area contributed by atoms with E-state index in [-0.39, 0.29) is 18.1 Å². The number of ether oxygens (including phenoxy) is 2. The van der Waals surface area contributed by atoms with Crippen LogP contribution in [-0.2, 0) is 22.9 Å². The monoisotopic (exact) mass is 333 g/mol. The summed E-state index contributed by atoms with van der Waals surface area (Å²) in [4.78, 5) is 14.6. The van der Waals surface area contributed by atoms with E-state index in [0.29, 0.717) is 31.9 Å². The Bertz CT molecular complexity index is 653. The average molecular weight is 333 g/mol. The minimum atomic E-state index is -0.0910. The highest BCUT2D eigenvalue weighted by molar-refractivity contribution is 5.92. The zero-order chi connectivity index (χ0) is 16.9. The third-order valence-electron chi connectivity index (χ3n) is 4.30. The Balaban J connectivity index is 1.75. The number of furan rings is 1. The summed E-state index contributed by atoms with van der Waals surface area (Å²) in [7, 11) is 3.54. The summed E-state index contributed by atoms with van der Waals surface area (Å²) >= 11 is 0. The number of methoxy groups -OCH3 is 1. The van der Waals surface area contributed by atoms with Gasteiger partial charge in [0.05, 0.1) is 37.8 Å². The zero-order valence-electron chi connectivity index (χ0n) is 14.1. The van der Waals surface area contributed by atoms with Gasteiger partial charge in [0.1, 0.15) is 0 Å². The molecule has 3 rings (SSSR count). The van der Waals surface area contributed by atoms with Gasteiger partial charge in [-0.15, -0.1) is 0 Å². The first-order valence-corrected chi connectivity index (χ1v) is 8.11. The smallest absolute Gasteiger partial charge is 0.289 e. The first-order valence-electron chi connectivity index (χ1n) is 8.11. The Morgan fingerprint density at radius 2 is 2.33 bits per heavy atom. The number of aryl methyl sites for hydroxylation is 1. The highest BCUT2D eigenvalue weighted by Crippen LogP contribution is 2.26. The van der Waals surface area contributed by atoms with E-state index in [4.69, 9.17) is 13.9 Å². The molecule has 0 bridgehead atoms. The molecule has 7 nitrogen and oxygen atoms in total. The molecule has 0 aromatic carbocycles. The quantitative estimate of drug-likeness (QED) is 0.718. The molecule has 1 aliphatic heterocycles. The first-order chi connectivity index (χ1) is 11.7. The van der Waals surface area contributed by atoms with Gasteiger partial charge in [0.15, 0.2) is 5.76 Å². The molecule has 2 aromatic heterocycles. The second-order valence-electron chi connectivity index (χ2n) is 5.96. The molecule has 2 aromatic rings. The van der Waals surface area contributed by atoms with Crippen molar-refractivity contribution in [3.8, 4) is 0 Å². The van der Waals surface area contributed by atoms with Crippen molar-refractivity contribution in [2.75, 3.05) is 26.9 Å². The topological polar surface area (TPSA) is 69.7 Å². The first kappa shape index (κ1) is 16.7. The van der Waals surface area contributed by atoms with Crippen LogP contribution in [0.2, 0.25) is 0 Å². The number of carbonyl (C=O) groups is 1. The predicted molar refractivity (Wildman–Crippen MR) is 86.7 cm³/mol. The van der Waals surface area contributed by atoms with E-state index in [1.165, 1.54) is 6.26 Å². The van der Waals surface area contributed by atoms with Gasteiger partial charge in [-0.25, -0.2) is 0 Å². The molecular formula is C17H23N3O4. The van der Waals surface area contributed by atoms with Crippen molar-refractivity contribution in [3.05, 3.63) is 42.1 Å². The number of nitrogens with zero attached hydrogens (tertiary/aromatic N) is 3. The number of carbonyl (C=O) groups excluding carboxylic acids is 1. The van der Waals surface area contributed by atoms with Crippen LogP contribution in [0.3, 0.4) is 0 Å². The molecule has 0 aliphatic carbocycles. The van der Waals surface area contributed by atoms with E-state index < -0.39 is 0 Å². The zero-order valence-corrected chi connectivity index (χ0v) is 14.1. The second kappa shape index (κ2) is 7.63. The minimum Gasteiger partial charge on any atom is -0.459 e.